The zero-order chi connectivity index (χ0) is 14.0. The molecule has 1 aromatic carbocycles. The Balaban J connectivity index is 2.49. The number of halogens is 3. The van der Waals surface area contributed by atoms with Crippen LogP contribution in [0.3, 0.4) is 0 Å². The summed E-state index contributed by atoms with van der Waals surface area (Å²) < 4.78 is 38.1. The van der Waals surface area contributed by atoms with Crippen LogP contribution in [0, 0.1) is 0 Å². The highest BCUT2D eigenvalue weighted by Gasteiger charge is 2.30. The van der Waals surface area contributed by atoms with Crippen molar-refractivity contribution in [2.24, 2.45) is 0 Å². The molecule has 0 radical (unpaired) electrons. The minimum Gasteiger partial charge on any atom is -0.384 e. The third kappa shape index (κ3) is 2.62. The maximum atomic E-state index is 12.7. The van der Waals surface area contributed by atoms with Gasteiger partial charge in [-0.1, -0.05) is 18.2 Å². The Morgan fingerprint density at radius 2 is 2.11 bits per heavy atom. The predicted octanol–water partition coefficient (Wildman–Crippen LogP) is 3.46. The van der Waals surface area contributed by atoms with E-state index in [4.69, 9.17) is 5.73 Å². The van der Waals surface area contributed by atoms with Gasteiger partial charge in [0.05, 0.1) is 11.8 Å². The summed E-state index contributed by atoms with van der Waals surface area (Å²) in [5.74, 6) is 0.325. The van der Waals surface area contributed by atoms with Gasteiger partial charge in [-0.2, -0.15) is 18.3 Å². The van der Waals surface area contributed by atoms with E-state index < -0.39 is 11.7 Å². The van der Waals surface area contributed by atoms with E-state index in [-0.39, 0.29) is 0 Å². The summed E-state index contributed by atoms with van der Waals surface area (Å²) >= 11 is 0. The van der Waals surface area contributed by atoms with Crippen molar-refractivity contribution in [3.8, 4) is 0 Å². The van der Waals surface area contributed by atoms with Gasteiger partial charge >= 0.3 is 6.18 Å². The summed E-state index contributed by atoms with van der Waals surface area (Å²) in [7, 11) is 0. The molecule has 2 rings (SSSR count). The van der Waals surface area contributed by atoms with Crippen molar-refractivity contribution in [3.63, 3.8) is 0 Å². The highest BCUT2D eigenvalue weighted by atomic mass is 19.4. The molecule has 0 aliphatic rings. The molecule has 0 aliphatic heterocycles. The SMILES string of the molecule is C/C=C(\c1cccc(C(F)(F)F)c1)c1cn[nH]c1N. The number of hydrogen-bond donors (Lipinski definition) is 2. The maximum absolute atomic E-state index is 12.7. The van der Waals surface area contributed by atoms with Crippen molar-refractivity contribution in [3.05, 3.63) is 53.2 Å². The zero-order valence-electron chi connectivity index (χ0n) is 10.1. The van der Waals surface area contributed by atoms with E-state index in [1.54, 1.807) is 19.1 Å². The second kappa shape index (κ2) is 4.79. The maximum Gasteiger partial charge on any atom is 0.416 e. The largest absolute Gasteiger partial charge is 0.416 e. The van der Waals surface area contributed by atoms with Crippen molar-refractivity contribution >= 4 is 11.4 Å². The molecule has 0 bridgehead atoms. The third-order valence-corrected chi connectivity index (χ3v) is 2.75. The second-order valence-electron chi connectivity index (χ2n) is 3.98. The molecule has 2 aromatic rings. The van der Waals surface area contributed by atoms with Gasteiger partial charge in [0, 0.05) is 5.56 Å². The quantitative estimate of drug-likeness (QED) is 0.875. The average Bonchev–Trinajstić information content (AvgIpc) is 2.76. The fraction of sp³-hybridized carbons (Fsp3) is 0.154. The van der Waals surface area contributed by atoms with E-state index in [1.807, 2.05) is 0 Å². The molecular weight excluding hydrogens is 255 g/mol. The van der Waals surface area contributed by atoms with Gasteiger partial charge < -0.3 is 5.73 Å². The molecule has 3 N–H and O–H groups in total. The molecule has 0 amide bonds. The fourth-order valence-corrected chi connectivity index (χ4v) is 1.85. The molecule has 1 aromatic heterocycles. The minimum atomic E-state index is -4.36. The number of aromatic nitrogens is 2. The van der Waals surface area contributed by atoms with Gasteiger partial charge in [0.2, 0.25) is 0 Å². The van der Waals surface area contributed by atoms with Gasteiger partial charge in [-0.25, -0.2) is 0 Å². The average molecular weight is 267 g/mol. The number of nitrogen functional groups attached to an aromatic ring is 1. The molecule has 0 aliphatic carbocycles. The Bertz CT molecular complexity index is 612. The van der Waals surface area contributed by atoms with Crippen molar-refractivity contribution in [1.29, 1.82) is 0 Å². The molecular formula is C13H12F3N3. The Kier molecular flexibility index (Phi) is 3.33. The number of aromatic amines is 1. The van der Waals surface area contributed by atoms with Gasteiger partial charge in [-0.05, 0) is 30.2 Å². The molecule has 3 nitrogen and oxygen atoms in total. The van der Waals surface area contributed by atoms with Gasteiger partial charge in [0.25, 0.3) is 0 Å². The van der Waals surface area contributed by atoms with Gasteiger partial charge in [-0.3, -0.25) is 5.10 Å². The van der Waals surface area contributed by atoms with E-state index in [0.717, 1.165) is 12.1 Å². The predicted molar refractivity (Wildman–Crippen MR) is 67.2 cm³/mol. The van der Waals surface area contributed by atoms with E-state index in [0.29, 0.717) is 22.5 Å². The first-order valence-electron chi connectivity index (χ1n) is 5.56. The van der Waals surface area contributed by atoms with Gasteiger partial charge in [0.1, 0.15) is 5.82 Å². The van der Waals surface area contributed by atoms with Gasteiger partial charge in [0.15, 0.2) is 0 Å². The van der Waals surface area contributed by atoms with E-state index in [1.165, 1.54) is 12.3 Å². The molecule has 0 atom stereocenters. The topological polar surface area (TPSA) is 54.7 Å². The number of H-pyrrole nitrogens is 1. The number of anilines is 1. The van der Waals surface area contributed by atoms with Crippen molar-refractivity contribution < 1.29 is 13.2 Å². The van der Waals surface area contributed by atoms with E-state index >= 15 is 0 Å². The third-order valence-electron chi connectivity index (χ3n) is 2.75. The lowest BCUT2D eigenvalue weighted by Crippen LogP contribution is -2.05. The van der Waals surface area contributed by atoms with Crippen LogP contribution in [0.1, 0.15) is 23.6 Å². The summed E-state index contributed by atoms with van der Waals surface area (Å²) in [6, 6.07) is 5.12. The van der Waals surface area contributed by atoms with Crippen LogP contribution in [0.25, 0.3) is 5.57 Å². The Morgan fingerprint density at radius 1 is 1.37 bits per heavy atom. The fourth-order valence-electron chi connectivity index (χ4n) is 1.85. The lowest BCUT2D eigenvalue weighted by Gasteiger charge is -2.11. The standard InChI is InChI=1S/C13H12F3N3/c1-2-10(11-7-18-19-12(11)17)8-4-3-5-9(6-8)13(14,15)16/h2-7H,1H3,(H3,17,18,19)/b10-2+. The van der Waals surface area contributed by atoms with E-state index in [9.17, 15) is 13.2 Å². The first-order valence-corrected chi connectivity index (χ1v) is 5.56. The van der Waals surface area contributed by atoms with Crippen molar-refractivity contribution in [2.45, 2.75) is 13.1 Å². The van der Waals surface area contributed by atoms with E-state index in [2.05, 4.69) is 10.2 Å². The van der Waals surface area contributed by atoms with Crippen molar-refractivity contribution in [1.82, 2.24) is 10.2 Å². The highest BCUT2D eigenvalue weighted by molar-refractivity contribution is 5.84. The number of benzene rings is 1. The Morgan fingerprint density at radius 3 is 2.63 bits per heavy atom. The molecule has 0 spiro atoms. The molecule has 0 unspecified atom stereocenters. The van der Waals surface area contributed by atoms with Crippen LogP contribution in [0.5, 0.6) is 0 Å². The zero-order valence-corrected chi connectivity index (χ0v) is 10.1. The lowest BCUT2D eigenvalue weighted by atomic mass is 9.98. The van der Waals surface area contributed by atoms with Crippen LogP contribution in [0.15, 0.2) is 36.5 Å². The smallest absolute Gasteiger partial charge is 0.384 e. The second-order valence-corrected chi connectivity index (χ2v) is 3.98. The molecule has 100 valence electrons. The van der Waals surface area contributed by atoms with Crippen molar-refractivity contribution in [2.75, 3.05) is 5.73 Å². The van der Waals surface area contributed by atoms with Crippen LogP contribution >= 0.6 is 0 Å². The first-order chi connectivity index (χ1) is 8.93. The Hall–Kier alpha value is -2.24. The monoisotopic (exact) mass is 267 g/mol. The molecule has 0 saturated carbocycles. The number of allylic oxidation sites excluding steroid dienone is 1. The molecule has 1 heterocycles. The number of alkyl halides is 3. The van der Waals surface area contributed by atoms with Crippen LogP contribution < -0.4 is 5.73 Å². The number of nitrogens with one attached hydrogen (secondary N) is 1. The molecule has 6 heteroatoms. The Labute approximate surface area is 107 Å². The van der Waals surface area contributed by atoms with Gasteiger partial charge in [-0.15, -0.1) is 0 Å². The lowest BCUT2D eigenvalue weighted by molar-refractivity contribution is -0.137. The summed E-state index contributed by atoms with van der Waals surface area (Å²) in [4.78, 5) is 0. The number of nitrogens with two attached hydrogens (primary N) is 1. The number of hydrogen-bond acceptors (Lipinski definition) is 2. The minimum absolute atomic E-state index is 0.325. The van der Waals surface area contributed by atoms with Crippen LogP contribution in [0.4, 0.5) is 19.0 Å². The normalized spacial score (nSPS) is 12.7. The summed E-state index contributed by atoms with van der Waals surface area (Å²) in [5.41, 5.74) is 6.65. The summed E-state index contributed by atoms with van der Waals surface area (Å²) in [5, 5.41) is 6.34. The molecule has 0 saturated heterocycles. The first kappa shape index (κ1) is 13.2. The summed E-state index contributed by atoms with van der Waals surface area (Å²) in [6.45, 7) is 1.74. The van der Waals surface area contributed by atoms with Crippen LogP contribution in [0.2, 0.25) is 0 Å². The molecule has 19 heavy (non-hydrogen) atoms. The summed E-state index contributed by atoms with van der Waals surface area (Å²) in [6.07, 6.45) is -1.17. The molecule has 0 fully saturated rings. The highest BCUT2D eigenvalue weighted by Crippen LogP contribution is 2.33. The number of rotatable bonds is 2. The van der Waals surface area contributed by atoms with Crippen LogP contribution in [-0.4, -0.2) is 10.2 Å². The number of nitrogens with zero attached hydrogens (tertiary/aromatic N) is 1. The van der Waals surface area contributed by atoms with Crippen LogP contribution in [-0.2, 0) is 6.18 Å².